The Hall–Kier alpha value is -1.84. The number of hydrogen-bond donors (Lipinski definition) is 1. The maximum atomic E-state index is 5.10. The predicted octanol–water partition coefficient (Wildman–Crippen LogP) is 3.25. The van der Waals surface area contributed by atoms with E-state index in [0.717, 1.165) is 13.0 Å². The van der Waals surface area contributed by atoms with E-state index in [0.29, 0.717) is 6.61 Å². The summed E-state index contributed by atoms with van der Waals surface area (Å²) < 4.78 is 2.36. The van der Waals surface area contributed by atoms with Gasteiger partial charge in [-0.2, -0.15) is 0 Å². The molecule has 1 aromatic heterocycles. The number of benzene rings is 2. The van der Waals surface area contributed by atoms with Gasteiger partial charge in [0.15, 0.2) is 0 Å². The minimum Gasteiger partial charge on any atom is -0.341 e. The summed E-state index contributed by atoms with van der Waals surface area (Å²) in [4.78, 5) is 4.67. The molecule has 3 nitrogen and oxygen atoms in total. The lowest BCUT2D eigenvalue weighted by atomic mass is 10.1. The molecule has 19 heavy (non-hydrogen) atoms. The van der Waals surface area contributed by atoms with E-state index < -0.39 is 0 Å². The van der Waals surface area contributed by atoms with E-state index in [9.17, 15) is 0 Å². The normalized spacial score (nSPS) is 11.5. The van der Waals surface area contributed by atoms with Crippen LogP contribution in [0.5, 0.6) is 0 Å². The minimum atomic E-state index is 0.553. The highest BCUT2D eigenvalue weighted by Gasteiger charge is 2.09. The first-order chi connectivity index (χ1) is 9.35. The van der Waals surface area contributed by atoms with Gasteiger partial charge in [-0.15, -0.1) is 0 Å². The van der Waals surface area contributed by atoms with Gasteiger partial charge in [0.05, 0.1) is 6.61 Å². The summed E-state index contributed by atoms with van der Waals surface area (Å²) >= 11 is 0. The molecule has 1 heterocycles. The topological polar surface area (TPSA) is 40.2 Å². The van der Waals surface area contributed by atoms with Gasteiger partial charge in [-0.05, 0) is 37.1 Å². The number of nitrogens with zero attached hydrogens (tertiary/aromatic N) is 1. The molecule has 0 spiro atoms. The van der Waals surface area contributed by atoms with Crippen molar-refractivity contribution in [3.63, 3.8) is 0 Å². The summed E-state index contributed by atoms with van der Waals surface area (Å²) in [5, 5.41) is 2.63. The largest absolute Gasteiger partial charge is 0.341 e. The van der Waals surface area contributed by atoms with E-state index in [1.807, 2.05) is 0 Å². The third-order valence-electron chi connectivity index (χ3n) is 3.66. The molecule has 0 radical (unpaired) electrons. The Kier molecular flexibility index (Phi) is 3.23. The van der Waals surface area contributed by atoms with Crippen LogP contribution < -0.4 is 5.90 Å². The van der Waals surface area contributed by atoms with Crippen LogP contribution in [0.4, 0.5) is 0 Å². The molecule has 3 rings (SSSR count). The number of para-hydroxylation sites is 1. The molecule has 3 aromatic rings. The van der Waals surface area contributed by atoms with Crippen LogP contribution in [0.25, 0.3) is 21.8 Å². The van der Waals surface area contributed by atoms with Crippen LogP contribution in [0.2, 0.25) is 0 Å². The highest BCUT2D eigenvalue weighted by molar-refractivity contribution is 6.08. The van der Waals surface area contributed by atoms with Crippen LogP contribution in [-0.4, -0.2) is 11.2 Å². The lowest BCUT2D eigenvalue weighted by molar-refractivity contribution is 0.141. The molecule has 0 fully saturated rings. The van der Waals surface area contributed by atoms with Gasteiger partial charge in [0.2, 0.25) is 0 Å². The van der Waals surface area contributed by atoms with Gasteiger partial charge in [0.1, 0.15) is 0 Å². The summed E-state index contributed by atoms with van der Waals surface area (Å²) in [6, 6.07) is 15.2. The summed E-state index contributed by atoms with van der Waals surface area (Å²) in [7, 11) is 0. The van der Waals surface area contributed by atoms with Crippen LogP contribution >= 0.6 is 0 Å². The van der Waals surface area contributed by atoms with E-state index in [1.54, 1.807) is 0 Å². The Morgan fingerprint density at radius 3 is 2.63 bits per heavy atom. The molecule has 0 unspecified atom stereocenters. The van der Waals surface area contributed by atoms with Crippen molar-refractivity contribution in [1.29, 1.82) is 0 Å². The fourth-order valence-corrected chi connectivity index (χ4v) is 2.77. The third kappa shape index (κ3) is 2.01. The zero-order chi connectivity index (χ0) is 13.2. The first-order valence-electron chi connectivity index (χ1n) is 6.66. The molecular formula is C16H18N2O. The lowest BCUT2D eigenvalue weighted by Gasteiger charge is -2.04. The number of aromatic nitrogens is 1. The van der Waals surface area contributed by atoms with Crippen LogP contribution in [0.15, 0.2) is 42.5 Å². The van der Waals surface area contributed by atoms with Crippen LogP contribution in [-0.2, 0) is 17.8 Å². The maximum absolute atomic E-state index is 5.10. The monoisotopic (exact) mass is 254 g/mol. The average molecular weight is 254 g/mol. The highest BCUT2D eigenvalue weighted by atomic mass is 16.6. The molecule has 0 amide bonds. The molecule has 0 bridgehead atoms. The Morgan fingerprint density at radius 1 is 1.05 bits per heavy atom. The molecule has 0 aliphatic carbocycles. The van der Waals surface area contributed by atoms with Crippen molar-refractivity contribution in [1.82, 2.24) is 4.57 Å². The van der Waals surface area contributed by atoms with Crippen LogP contribution in [0.3, 0.4) is 0 Å². The number of rotatable bonds is 4. The van der Waals surface area contributed by atoms with E-state index in [1.165, 1.54) is 27.4 Å². The molecule has 0 aliphatic heterocycles. The Bertz CT molecular complexity index is 715. The SMILES string of the molecule is CCn1c2ccccc2c2cc(CCON)ccc21. The van der Waals surface area contributed by atoms with Gasteiger partial charge in [-0.25, -0.2) is 5.90 Å². The number of nitrogens with two attached hydrogens (primary N) is 1. The van der Waals surface area contributed by atoms with Gasteiger partial charge in [0, 0.05) is 28.4 Å². The minimum absolute atomic E-state index is 0.553. The molecule has 2 N–H and O–H groups in total. The van der Waals surface area contributed by atoms with E-state index in [-0.39, 0.29) is 0 Å². The highest BCUT2D eigenvalue weighted by Crippen LogP contribution is 2.29. The number of fused-ring (bicyclic) bond motifs is 3. The second kappa shape index (κ2) is 5.03. The maximum Gasteiger partial charge on any atom is 0.0719 e. The molecule has 0 atom stereocenters. The van der Waals surface area contributed by atoms with Crippen molar-refractivity contribution in [3.8, 4) is 0 Å². The number of aryl methyl sites for hydroxylation is 1. The molecule has 2 aromatic carbocycles. The molecule has 0 saturated carbocycles. The average Bonchev–Trinajstić information content (AvgIpc) is 2.78. The Balaban J connectivity index is 2.24. The predicted molar refractivity (Wildman–Crippen MR) is 79.0 cm³/mol. The summed E-state index contributed by atoms with van der Waals surface area (Å²) in [5.74, 6) is 5.10. The standard InChI is InChI=1S/C16H18N2O/c1-2-18-15-6-4-3-5-13(15)14-11-12(9-10-19-17)7-8-16(14)18/h3-8,11H,2,9-10,17H2,1H3. The fraction of sp³-hybridized carbons (Fsp3) is 0.250. The molecule has 98 valence electrons. The van der Waals surface area contributed by atoms with Crippen LogP contribution in [0, 0.1) is 0 Å². The van der Waals surface area contributed by atoms with Gasteiger partial charge in [-0.1, -0.05) is 24.3 Å². The summed E-state index contributed by atoms with van der Waals surface area (Å²) in [6.07, 6.45) is 0.845. The smallest absolute Gasteiger partial charge is 0.0719 e. The van der Waals surface area contributed by atoms with Gasteiger partial charge in [0.25, 0.3) is 0 Å². The first-order valence-corrected chi connectivity index (χ1v) is 6.66. The van der Waals surface area contributed by atoms with E-state index >= 15 is 0 Å². The Morgan fingerprint density at radius 2 is 1.84 bits per heavy atom. The zero-order valence-electron chi connectivity index (χ0n) is 11.1. The van der Waals surface area contributed by atoms with E-state index in [4.69, 9.17) is 5.90 Å². The second-order valence-corrected chi connectivity index (χ2v) is 4.73. The van der Waals surface area contributed by atoms with Crippen LogP contribution in [0.1, 0.15) is 12.5 Å². The molecule has 0 aliphatic rings. The summed E-state index contributed by atoms with van der Waals surface area (Å²) in [6.45, 7) is 3.72. The van der Waals surface area contributed by atoms with Crippen molar-refractivity contribution in [2.45, 2.75) is 19.9 Å². The fourth-order valence-electron chi connectivity index (χ4n) is 2.77. The zero-order valence-corrected chi connectivity index (χ0v) is 11.1. The molecular weight excluding hydrogens is 236 g/mol. The van der Waals surface area contributed by atoms with Crippen molar-refractivity contribution in [2.24, 2.45) is 5.90 Å². The van der Waals surface area contributed by atoms with Crippen molar-refractivity contribution < 1.29 is 4.84 Å². The molecule has 0 saturated heterocycles. The van der Waals surface area contributed by atoms with Gasteiger partial charge >= 0.3 is 0 Å². The van der Waals surface area contributed by atoms with E-state index in [2.05, 4.69) is 58.8 Å². The summed E-state index contributed by atoms with van der Waals surface area (Å²) in [5.41, 5.74) is 3.85. The van der Waals surface area contributed by atoms with Gasteiger partial charge in [-0.3, -0.25) is 0 Å². The lowest BCUT2D eigenvalue weighted by Crippen LogP contribution is -2.03. The van der Waals surface area contributed by atoms with Crippen molar-refractivity contribution in [2.75, 3.05) is 6.61 Å². The number of hydrogen-bond acceptors (Lipinski definition) is 2. The molecule has 3 heteroatoms. The third-order valence-corrected chi connectivity index (χ3v) is 3.66. The van der Waals surface area contributed by atoms with Crippen molar-refractivity contribution in [3.05, 3.63) is 48.0 Å². The van der Waals surface area contributed by atoms with Crippen molar-refractivity contribution >= 4 is 21.8 Å². The first kappa shape index (κ1) is 12.2. The quantitative estimate of drug-likeness (QED) is 0.726. The Labute approximate surface area is 112 Å². The second-order valence-electron chi connectivity index (χ2n) is 4.73. The van der Waals surface area contributed by atoms with Gasteiger partial charge < -0.3 is 9.40 Å².